The summed E-state index contributed by atoms with van der Waals surface area (Å²) in [4.78, 5) is 15.2. The van der Waals surface area contributed by atoms with Gasteiger partial charge in [0.15, 0.2) is 11.5 Å². The summed E-state index contributed by atoms with van der Waals surface area (Å²) in [5.41, 5.74) is 3.41. The smallest absolute Gasteiger partial charge is 0.264 e. The first-order valence-corrected chi connectivity index (χ1v) is 13.6. The number of rotatable bonds is 12. The summed E-state index contributed by atoms with van der Waals surface area (Å²) in [7, 11) is -1.18. The van der Waals surface area contributed by atoms with Crippen LogP contribution in [-0.4, -0.2) is 48.2 Å². The summed E-state index contributed by atoms with van der Waals surface area (Å²) < 4.78 is 39.0. The lowest BCUT2D eigenvalue weighted by atomic mass is 10.2. The van der Waals surface area contributed by atoms with Crippen LogP contribution in [0.2, 0.25) is 0 Å². The van der Waals surface area contributed by atoms with Gasteiger partial charge >= 0.3 is 0 Å². The monoisotopic (exact) mass is 525 g/mol. The highest BCUT2D eigenvalue weighted by Gasteiger charge is 2.28. The van der Waals surface area contributed by atoms with Crippen LogP contribution in [0.3, 0.4) is 0 Å². The maximum atomic E-state index is 13.7. The van der Waals surface area contributed by atoms with Crippen molar-refractivity contribution < 1.29 is 22.7 Å². The summed E-state index contributed by atoms with van der Waals surface area (Å²) in [6.45, 7) is 7.86. The number of benzene rings is 3. The number of ether oxygens (including phenoxy) is 2. The van der Waals surface area contributed by atoms with Crippen LogP contribution in [0.25, 0.3) is 0 Å². The molecule has 0 radical (unpaired) electrons. The van der Waals surface area contributed by atoms with Gasteiger partial charge in [0.2, 0.25) is 5.91 Å². The van der Waals surface area contributed by atoms with Crippen molar-refractivity contribution in [2.75, 3.05) is 43.1 Å². The average Bonchev–Trinajstić information content (AvgIpc) is 2.92. The van der Waals surface area contributed by atoms with Crippen molar-refractivity contribution in [1.29, 1.82) is 0 Å². The van der Waals surface area contributed by atoms with E-state index in [0.717, 1.165) is 34.2 Å². The van der Waals surface area contributed by atoms with Gasteiger partial charge in [0, 0.05) is 31.4 Å². The molecule has 0 aliphatic heterocycles. The summed E-state index contributed by atoms with van der Waals surface area (Å²) >= 11 is 0. The molecule has 0 atom stereocenters. The molecule has 9 heteroatoms. The van der Waals surface area contributed by atoms with E-state index in [2.05, 4.69) is 24.1 Å². The second kappa shape index (κ2) is 12.5. The topological polar surface area (TPSA) is 88.2 Å². The lowest BCUT2D eigenvalue weighted by Gasteiger charge is -2.25. The molecule has 3 aromatic carbocycles. The highest BCUT2D eigenvalue weighted by Crippen LogP contribution is 2.32. The number of anilines is 2. The van der Waals surface area contributed by atoms with Gasteiger partial charge in [-0.1, -0.05) is 29.8 Å². The van der Waals surface area contributed by atoms with E-state index in [1.807, 2.05) is 43.3 Å². The van der Waals surface area contributed by atoms with E-state index in [9.17, 15) is 13.2 Å². The molecule has 8 nitrogen and oxygen atoms in total. The molecule has 0 bridgehead atoms. The van der Waals surface area contributed by atoms with Gasteiger partial charge in [-0.15, -0.1) is 0 Å². The summed E-state index contributed by atoms with van der Waals surface area (Å²) in [5.74, 6) is 0.274. The highest BCUT2D eigenvalue weighted by atomic mass is 32.2. The van der Waals surface area contributed by atoms with Crippen LogP contribution in [0, 0.1) is 6.92 Å². The van der Waals surface area contributed by atoms with Crippen molar-refractivity contribution in [3.63, 3.8) is 0 Å². The predicted octanol–water partition coefficient (Wildman–Crippen LogP) is 4.37. The first kappa shape index (κ1) is 27.9. The number of amides is 1. The zero-order valence-corrected chi connectivity index (χ0v) is 22.8. The molecule has 3 rings (SSSR count). The van der Waals surface area contributed by atoms with E-state index in [4.69, 9.17) is 9.47 Å². The Labute approximate surface area is 219 Å². The van der Waals surface area contributed by atoms with Gasteiger partial charge in [-0.05, 0) is 62.7 Å². The minimum Gasteiger partial charge on any atom is -0.493 e. The van der Waals surface area contributed by atoms with E-state index >= 15 is 0 Å². The molecule has 0 aliphatic rings. The minimum absolute atomic E-state index is 0.00878. The van der Waals surface area contributed by atoms with E-state index in [0.29, 0.717) is 11.4 Å². The number of nitrogens with zero attached hydrogens (tertiary/aromatic N) is 2. The first-order chi connectivity index (χ1) is 17.7. The van der Waals surface area contributed by atoms with Gasteiger partial charge in [0.25, 0.3) is 10.0 Å². The Kier molecular flexibility index (Phi) is 9.41. The maximum Gasteiger partial charge on any atom is 0.264 e. The van der Waals surface area contributed by atoms with Gasteiger partial charge in [-0.25, -0.2) is 8.42 Å². The Hall–Kier alpha value is -3.72. The van der Waals surface area contributed by atoms with Gasteiger partial charge < -0.3 is 19.7 Å². The van der Waals surface area contributed by atoms with Gasteiger partial charge in [0.1, 0.15) is 6.54 Å². The second-order valence-corrected chi connectivity index (χ2v) is 10.3. The molecule has 1 amide bonds. The van der Waals surface area contributed by atoms with Crippen molar-refractivity contribution in [2.45, 2.75) is 32.2 Å². The Balaban J connectivity index is 1.82. The number of sulfonamides is 1. The van der Waals surface area contributed by atoms with E-state index < -0.39 is 15.9 Å². The van der Waals surface area contributed by atoms with Crippen molar-refractivity contribution in [3.05, 3.63) is 77.9 Å². The van der Waals surface area contributed by atoms with Crippen molar-refractivity contribution in [1.82, 2.24) is 5.32 Å². The van der Waals surface area contributed by atoms with Gasteiger partial charge in [0.05, 0.1) is 24.8 Å². The molecule has 3 aromatic rings. The summed E-state index contributed by atoms with van der Waals surface area (Å²) in [6, 6.07) is 19.3. The molecule has 1 N–H and O–H groups in total. The van der Waals surface area contributed by atoms with Crippen LogP contribution in [0.5, 0.6) is 11.5 Å². The number of hydrogen-bond acceptors (Lipinski definition) is 6. The fourth-order valence-corrected chi connectivity index (χ4v) is 5.37. The standard InChI is InChI=1S/C28H35N3O5S/c1-6-30(7-2)23-14-10-22(11-15-23)19-29-28(32)20-31(24-12-8-21(3)9-13-24)37(33,34)25-16-17-26(35-4)27(18-25)36-5/h8-18H,6-7,19-20H2,1-5H3,(H,29,32). The van der Waals surface area contributed by atoms with E-state index in [1.165, 1.54) is 32.4 Å². The number of methoxy groups -OCH3 is 2. The third kappa shape index (κ3) is 6.74. The molecule has 0 unspecified atom stereocenters. The van der Waals surface area contributed by atoms with Crippen LogP contribution in [0.15, 0.2) is 71.6 Å². The van der Waals surface area contributed by atoms with Crippen LogP contribution in [0.1, 0.15) is 25.0 Å². The van der Waals surface area contributed by atoms with Crippen LogP contribution in [0.4, 0.5) is 11.4 Å². The van der Waals surface area contributed by atoms with Gasteiger partial charge in [-0.2, -0.15) is 0 Å². The number of aryl methyl sites for hydroxylation is 1. The molecular weight excluding hydrogens is 490 g/mol. The van der Waals surface area contributed by atoms with Crippen molar-refractivity contribution in [3.8, 4) is 11.5 Å². The zero-order chi connectivity index (χ0) is 27.0. The van der Waals surface area contributed by atoms with Crippen LogP contribution in [-0.2, 0) is 21.4 Å². The molecule has 198 valence electrons. The number of carbonyl (C=O) groups excluding carboxylic acids is 1. The molecule has 0 saturated carbocycles. The summed E-state index contributed by atoms with van der Waals surface area (Å²) in [5, 5.41) is 2.85. The quantitative estimate of drug-likeness (QED) is 0.378. The van der Waals surface area contributed by atoms with E-state index in [1.54, 1.807) is 12.1 Å². The fourth-order valence-electron chi connectivity index (χ4n) is 3.93. The predicted molar refractivity (Wildman–Crippen MR) is 147 cm³/mol. The van der Waals surface area contributed by atoms with E-state index in [-0.39, 0.29) is 23.7 Å². The van der Waals surface area contributed by atoms with Crippen molar-refractivity contribution >= 4 is 27.3 Å². The zero-order valence-electron chi connectivity index (χ0n) is 22.0. The third-order valence-electron chi connectivity index (χ3n) is 6.11. The number of carbonyl (C=O) groups is 1. The molecule has 0 spiro atoms. The SMILES string of the molecule is CCN(CC)c1ccc(CNC(=O)CN(c2ccc(C)cc2)S(=O)(=O)c2ccc(OC)c(OC)c2)cc1. The first-order valence-electron chi connectivity index (χ1n) is 12.2. The second-order valence-electron chi connectivity index (χ2n) is 8.48. The maximum absolute atomic E-state index is 13.7. The Morgan fingerprint density at radius 2 is 1.43 bits per heavy atom. The Morgan fingerprint density at radius 1 is 0.838 bits per heavy atom. The number of nitrogens with one attached hydrogen (secondary N) is 1. The molecule has 37 heavy (non-hydrogen) atoms. The summed E-state index contributed by atoms with van der Waals surface area (Å²) in [6.07, 6.45) is 0. The van der Waals surface area contributed by atoms with Crippen molar-refractivity contribution in [2.24, 2.45) is 0 Å². The number of hydrogen-bond donors (Lipinski definition) is 1. The average molecular weight is 526 g/mol. The Bertz CT molecular complexity index is 1290. The Morgan fingerprint density at radius 3 is 2.00 bits per heavy atom. The van der Waals surface area contributed by atoms with Crippen LogP contribution < -0.4 is 24.0 Å². The highest BCUT2D eigenvalue weighted by molar-refractivity contribution is 7.92. The lowest BCUT2D eigenvalue weighted by Crippen LogP contribution is -2.40. The van der Waals surface area contributed by atoms with Gasteiger partial charge in [-0.3, -0.25) is 9.10 Å². The normalized spacial score (nSPS) is 11.1. The molecule has 0 aliphatic carbocycles. The molecular formula is C28H35N3O5S. The molecule has 0 heterocycles. The largest absolute Gasteiger partial charge is 0.493 e. The lowest BCUT2D eigenvalue weighted by molar-refractivity contribution is -0.119. The van der Waals surface area contributed by atoms with Crippen LogP contribution >= 0.6 is 0 Å². The fraction of sp³-hybridized carbons (Fsp3) is 0.321. The minimum atomic E-state index is -4.09. The molecule has 0 aromatic heterocycles. The molecule has 0 fully saturated rings. The molecule has 0 saturated heterocycles. The third-order valence-corrected chi connectivity index (χ3v) is 7.88.